The van der Waals surface area contributed by atoms with E-state index in [1.54, 1.807) is 0 Å². The van der Waals surface area contributed by atoms with Crippen LogP contribution in [0.5, 0.6) is 0 Å². The summed E-state index contributed by atoms with van der Waals surface area (Å²) in [7, 11) is 2.23. The molecule has 1 fully saturated rings. The fourth-order valence-electron chi connectivity index (χ4n) is 1.78. The first-order valence-electron chi connectivity index (χ1n) is 3.91. The second-order valence-electron chi connectivity index (χ2n) is 3.70. The van der Waals surface area contributed by atoms with Crippen molar-refractivity contribution in [3.8, 4) is 0 Å². The topological polar surface area (TPSA) is 3.24 Å². The summed E-state index contributed by atoms with van der Waals surface area (Å²) in [5, 5.41) is 0. The van der Waals surface area contributed by atoms with Crippen LogP contribution in [0.15, 0.2) is 0 Å². The van der Waals surface area contributed by atoms with Gasteiger partial charge in [0.05, 0.1) is 0 Å². The standard InChI is InChI=1S/C8H16IN/c1-8(2,9)7-5-4-6-10(7)3/h7H,4-6H2,1-3H3/t7-/m1/s1. The lowest BCUT2D eigenvalue weighted by atomic mass is 10.0. The molecular weight excluding hydrogens is 237 g/mol. The zero-order valence-electron chi connectivity index (χ0n) is 7.02. The highest BCUT2D eigenvalue weighted by Crippen LogP contribution is 2.31. The Bertz CT molecular complexity index is 117. The van der Waals surface area contributed by atoms with Crippen LogP contribution in [-0.2, 0) is 0 Å². The minimum atomic E-state index is 0.447. The fourth-order valence-corrected chi connectivity index (χ4v) is 2.56. The third-order valence-electron chi connectivity index (χ3n) is 2.31. The Labute approximate surface area is 77.3 Å². The average Bonchev–Trinajstić information content (AvgIpc) is 2.11. The third-order valence-corrected chi connectivity index (χ3v) is 3.03. The Hall–Kier alpha value is 0.690. The van der Waals surface area contributed by atoms with Gasteiger partial charge < -0.3 is 4.90 Å². The molecule has 0 amide bonds. The van der Waals surface area contributed by atoms with Crippen LogP contribution in [0.3, 0.4) is 0 Å². The van der Waals surface area contributed by atoms with Crippen LogP contribution in [0.4, 0.5) is 0 Å². The van der Waals surface area contributed by atoms with Crippen LogP contribution in [0, 0.1) is 0 Å². The number of halogens is 1. The predicted molar refractivity (Wildman–Crippen MR) is 53.8 cm³/mol. The summed E-state index contributed by atoms with van der Waals surface area (Å²) in [4.78, 5) is 2.48. The summed E-state index contributed by atoms with van der Waals surface area (Å²) >= 11 is 2.55. The minimum absolute atomic E-state index is 0.447. The largest absolute Gasteiger partial charge is 0.302 e. The minimum Gasteiger partial charge on any atom is -0.302 e. The Morgan fingerprint density at radius 1 is 1.50 bits per heavy atom. The van der Waals surface area contributed by atoms with Crippen molar-refractivity contribution in [1.29, 1.82) is 0 Å². The molecule has 0 aliphatic carbocycles. The van der Waals surface area contributed by atoms with E-state index in [1.807, 2.05) is 0 Å². The first-order valence-corrected chi connectivity index (χ1v) is 4.99. The maximum absolute atomic E-state index is 2.55. The summed E-state index contributed by atoms with van der Waals surface area (Å²) in [6, 6.07) is 0.799. The molecule has 0 aromatic heterocycles. The van der Waals surface area contributed by atoms with Crippen LogP contribution in [-0.4, -0.2) is 28.0 Å². The molecule has 1 heterocycles. The van der Waals surface area contributed by atoms with Crippen LogP contribution >= 0.6 is 22.6 Å². The van der Waals surface area contributed by atoms with Gasteiger partial charge in [-0.05, 0) is 40.3 Å². The first-order chi connectivity index (χ1) is 4.52. The van der Waals surface area contributed by atoms with Gasteiger partial charge in [0.25, 0.3) is 0 Å². The lowest BCUT2D eigenvalue weighted by Gasteiger charge is -2.30. The molecule has 0 aromatic carbocycles. The number of alkyl halides is 1. The molecule has 0 radical (unpaired) electrons. The van der Waals surface area contributed by atoms with Crippen molar-refractivity contribution in [3.05, 3.63) is 0 Å². The van der Waals surface area contributed by atoms with E-state index in [-0.39, 0.29) is 0 Å². The van der Waals surface area contributed by atoms with Crippen molar-refractivity contribution in [2.45, 2.75) is 36.2 Å². The molecule has 0 saturated carbocycles. The molecule has 10 heavy (non-hydrogen) atoms. The Morgan fingerprint density at radius 2 is 2.10 bits per heavy atom. The van der Waals surface area contributed by atoms with Gasteiger partial charge >= 0.3 is 0 Å². The summed E-state index contributed by atoms with van der Waals surface area (Å²) in [5.74, 6) is 0. The summed E-state index contributed by atoms with van der Waals surface area (Å²) in [6.45, 7) is 5.93. The van der Waals surface area contributed by atoms with E-state index in [0.717, 1.165) is 6.04 Å². The van der Waals surface area contributed by atoms with Gasteiger partial charge in [-0.15, -0.1) is 0 Å². The lowest BCUT2D eigenvalue weighted by Crippen LogP contribution is -2.39. The van der Waals surface area contributed by atoms with Gasteiger partial charge in [-0.1, -0.05) is 22.6 Å². The third kappa shape index (κ3) is 1.84. The second-order valence-corrected chi connectivity index (χ2v) is 6.48. The van der Waals surface area contributed by atoms with Gasteiger partial charge in [-0.25, -0.2) is 0 Å². The normalized spacial score (nSPS) is 29.4. The molecule has 60 valence electrons. The monoisotopic (exact) mass is 253 g/mol. The van der Waals surface area contributed by atoms with Crippen molar-refractivity contribution >= 4 is 22.6 Å². The smallest absolute Gasteiger partial charge is 0.0321 e. The maximum atomic E-state index is 2.55. The van der Waals surface area contributed by atoms with Gasteiger partial charge in [0.2, 0.25) is 0 Å². The van der Waals surface area contributed by atoms with E-state index < -0.39 is 0 Å². The van der Waals surface area contributed by atoms with E-state index >= 15 is 0 Å². The Kier molecular flexibility index (Phi) is 2.61. The summed E-state index contributed by atoms with van der Waals surface area (Å²) < 4.78 is 0.447. The second kappa shape index (κ2) is 2.97. The average molecular weight is 253 g/mol. The molecule has 1 aliphatic heterocycles. The van der Waals surface area contributed by atoms with Crippen molar-refractivity contribution in [3.63, 3.8) is 0 Å². The molecule has 0 aromatic rings. The SMILES string of the molecule is CN1CCC[C@@H]1C(C)(C)I. The first kappa shape index (κ1) is 8.78. The Morgan fingerprint density at radius 3 is 2.30 bits per heavy atom. The highest BCUT2D eigenvalue weighted by Gasteiger charge is 2.32. The maximum Gasteiger partial charge on any atom is 0.0321 e. The molecule has 0 N–H and O–H groups in total. The molecule has 0 spiro atoms. The highest BCUT2D eigenvalue weighted by atomic mass is 127. The molecular formula is C8H16IN. The summed E-state index contributed by atoms with van der Waals surface area (Å²) in [6.07, 6.45) is 2.76. The van der Waals surface area contributed by atoms with Crippen LogP contribution in [0.2, 0.25) is 0 Å². The summed E-state index contributed by atoms with van der Waals surface area (Å²) in [5.41, 5.74) is 0. The van der Waals surface area contributed by atoms with Crippen molar-refractivity contribution in [2.24, 2.45) is 0 Å². The molecule has 1 rings (SSSR count). The van der Waals surface area contributed by atoms with Gasteiger partial charge in [-0.2, -0.15) is 0 Å². The quantitative estimate of drug-likeness (QED) is 0.512. The van der Waals surface area contributed by atoms with E-state index in [2.05, 4.69) is 48.4 Å². The van der Waals surface area contributed by atoms with E-state index in [0.29, 0.717) is 3.42 Å². The predicted octanol–water partition coefficient (Wildman–Crippen LogP) is 2.29. The zero-order valence-corrected chi connectivity index (χ0v) is 9.18. The number of hydrogen-bond acceptors (Lipinski definition) is 1. The molecule has 1 aliphatic rings. The van der Waals surface area contributed by atoms with E-state index in [1.165, 1.54) is 19.4 Å². The molecule has 0 bridgehead atoms. The van der Waals surface area contributed by atoms with Gasteiger partial charge in [0.1, 0.15) is 0 Å². The number of nitrogens with zero attached hydrogens (tertiary/aromatic N) is 1. The number of likely N-dealkylation sites (tertiary alicyclic amines) is 1. The van der Waals surface area contributed by atoms with Crippen molar-refractivity contribution < 1.29 is 0 Å². The van der Waals surface area contributed by atoms with E-state index in [4.69, 9.17) is 0 Å². The highest BCUT2D eigenvalue weighted by molar-refractivity contribution is 14.1. The number of hydrogen-bond donors (Lipinski definition) is 0. The molecule has 1 saturated heterocycles. The van der Waals surface area contributed by atoms with Gasteiger partial charge in [-0.3, -0.25) is 0 Å². The van der Waals surface area contributed by atoms with Gasteiger partial charge in [0.15, 0.2) is 0 Å². The molecule has 2 heteroatoms. The van der Waals surface area contributed by atoms with Crippen LogP contribution in [0.1, 0.15) is 26.7 Å². The Balaban J connectivity index is 2.55. The molecule has 0 unspecified atom stereocenters. The van der Waals surface area contributed by atoms with Crippen LogP contribution in [0.25, 0.3) is 0 Å². The molecule has 1 atom stereocenters. The van der Waals surface area contributed by atoms with Crippen molar-refractivity contribution in [2.75, 3.05) is 13.6 Å². The van der Waals surface area contributed by atoms with E-state index in [9.17, 15) is 0 Å². The lowest BCUT2D eigenvalue weighted by molar-refractivity contribution is 0.278. The van der Waals surface area contributed by atoms with Gasteiger partial charge in [0, 0.05) is 9.46 Å². The van der Waals surface area contributed by atoms with Crippen molar-refractivity contribution in [1.82, 2.24) is 4.90 Å². The fraction of sp³-hybridized carbons (Fsp3) is 1.00. The number of rotatable bonds is 1. The molecule has 1 nitrogen and oxygen atoms in total. The zero-order chi connectivity index (χ0) is 7.78. The van der Waals surface area contributed by atoms with Crippen LogP contribution < -0.4 is 0 Å².